The van der Waals surface area contributed by atoms with Gasteiger partial charge in [-0.25, -0.2) is 4.79 Å². The lowest BCUT2D eigenvalue weighted by Crippen LogP contribution is -2.34. The Morgan fingerprint density at radius 3 is 2.57 bits per heavy atom. The minimum atomic E-state index is -0.487. The van der Waals surface area contributed by atoms with E-state index in [0.717, 1.165) is 17.8 Å². The summed E-state index contributed by atoms with van der Waals surface area (Å²) in [7, 11) is 3.46. The van der Waals surface area contributed by atoms with Crippen LogP contribution in [0.15, 0.2) is 24.3 Å². The molecule has 1 amide bonds. The van der Waals surface area contributed by atoms with E-state index >= 15 is 0 Å². The smallest absolute Gasteiger partial charge is 0.410 e. The molecule has 23 heavy (non-hydrogen) atoms. The maximum Gasteiger partial charge on any atom is 0.410 e. The van der Waals surface area contributed by atoms with Gasteiger partial charge in [-0.05, 0) is 38.3 Å². The van der Waals surface area contributed by atoms with Crippen LogP contribution in [0, 0.1) is 5.92 Å². The fourth-order valence-electron chi connectivity index (χ4n) is 2.12. The van der Waals surface area contributed by atoms with Gasteiger partial charge in [0.15, 0.2) is 0 Å². The van der Waals surface area contributed by atoms with Crippen LogP contribution in [0.25, 0.3) is 0 Å². The second-order valence-corrected chi connectivity index (χ2v) is 6.93. The number of rotatable bonds is 7. The van der Waals surface area contributed by atoms with E-state index in [1.54, 1.807) is 19.1 Å². The molecule has 5 heteroatoms. The Bertz CT molecular complexity index is 497. The van der Waals surface area contributed by atoms with E-state index in [1.807, 2.05) is 45.0 Å². The van der Waals surface area contributed by atoms with Crippen molar-refractivity contribution in [2.24, 2.45) is 5.92 Å². The summed E-state index contributed by atoms with van der Waals surface area (Å²) in [4.78, 5) is 13.7. The van der Waals surface area contributed by atoms with E-state index in [1.165, 1.54) is 0 Å². The molecule has 1 rings (SSSR count). The topological polar surface area (TPSA) is 50.8 Å². The molecule has 130 valence electrons. The Labute approximate surface area is 140 Å². The van der Waals surface area contributed by atoms with Gasteiger partial charge in [-0.3, -0.25) is 0 Å². The molecule has 5 nitrogen and oxygen atoms in total. The molecule has 1 aromatic carbocycles. The van der Waals surface area contributed by atoms with Gasteiger partial charge in [-0.1, -0.05) is 25.1 Å². The lowest BCUT2D eigenvalue weighted by Gasteiger charge is -2.25. The average Bonchev–Trinajstić information content (AvgIpc) is 2.45. The van der Waals surface area contributed by atoms with Gasteiger partial charge in [0.25, 0.3) is 0 Å². The lowest BCUT2D eigenvalue weighted by molar-refractivity contribution is 0.0285. The molecule has 0 aromatic heterocycles. The molecule has 1 N–H and O–H groups in total. The first-order valence-electron chi connectivity index (χ1n) is 7.97. The minimum Gasteiger partial charge on any atom is -0.444 e. The van der Waals surface area contributed by atoms with Crippen LogP contribution in [-0.2, 0) is 16.0 Å². The fourth-order valence-corrected chi connectivity index (χ4v) is 2.12. The van der Waals surface area contributed by atoms with Crippen molar-refractivity contribution in [2.75, 3.05) is 32.6 Å². The van der Waals surface area contributed by atoms with Gasteiger partial charge < -0.3 is 19.7 Å². The monoisotopic (exact) mass is 322 g/mol. The van der Waals surface area contributed by atoms with E-state index in [9.17, 15) is 4.79 Å². The van der Waals surface area contributed by atoms with Crippen LogP contribution < -0.4 is 5.32 Å². The minimum absolute atomic E-state index is 0.319. The van der Waals surface area contributed by atoms with E-state index in [0.29, 0.717) is 19.1 Å². The molecule has 0 radical (unpaired) electrons. The summed E-state index contributed by atoms with van der Waals surface area (Å²) in [5.74, 6) is 0.414. The molecule has 1 atom stereocenters. The van der Waals surface area contributed by atoms with Gasteiger partial charge in [-0.15, -0.1) is 0 Å². The molecule has 0 spiro atoms. The number of nitrogens with zero attached hydrogens (tertiary/aromatic N) is 1. The highest BCUT2D eigenvalue weighted by atomic mass is 16.6. The molecule has 0 aliphatic carbocycles. The largest absolute Gasteiger partial charge is 0.444 e. The quantitative estimate of drug-likeness (QED) is 0.830. The first kappa shape index (κ1) is 19.3. The molecule has 0 aliphatic heterocycles. The van der Waals surface area contributed by atoms with Crippen molar-refractivity contribution in [1.82, 2.24) is 4.90 Å². The fraction of sp³-hybridized carbons (Fsp3) is 0.611. The molecular formula is C18H30N2O3. The maximum atomic E-state index is 12.1. The maximum absolute atomic E-state index is 12.1. The molecule has 1 unspecified atom stereocenters. The van der Waals surface area contributed by atoms with Crippen LogP contribution in [0.4, 0.5) is 10.5 Å². The number of ether oxygens (including phenoxy) is 2. The van der Waals surface area contributed by atoms with Crippen molar-refractivity contribution in [3.05, 3.63) is 29.8 Å². The van der Waals surface area contributed by atoms with Crippen LogP contribution in [-0.4, -0.2) is 43.9 Å². The molecule has 0 heterocycles. The molecule has 0 aliphatic rings. The number of benzene rings is 1. The number of hydrogen-bond donors (Lipinski definition) is 1. The third kappa shape index (κ3) is 7.37. The number of anilines is 1. The SMILES string of the molecule is COCC(C)CNc1ccccc1CN(C)C(=O)OC(C)(C)C. The molecule has 0 fully saturated rings. The predicted molar refractivity (Wildman–Crippen MR) is 93.7 cm³/mol. The van der Waals surface area contributed by atoms with Crippen LogP contribution in [0.2, 0.25) is 0 Å². The number of carbonyl (C=O) groups is 1. The number of carbonyl (C=O) groups excluding carboxylic acids is 1. The first-order valence-corrected chi connectivity index (χ1v) is 7.97. The van der Waals surface area contributed by atoms with Gasteiger partial charge in [0.05, 0.1) is 13.2 Å². The summed E-state index contributed by atoms with van der Waals surface area (Å²) >= 11 is 0. The van der Waals surface area contributed by atoms with E-state index < -0.39 is 5.60 Å². The van der Waals surface area contributed by atoms with E-state index in [4.69, 9.17) is 9.47 Å². The first-order chi connectivity index (χ1) is 10.7. The number of para-hydroxylation sites is 1. The van der Waals surface area contributed by atoms with Crippen LogP contribution in [0.1, 0.15) is 33.3 Å². The van der Waals surface area contributed by atoms with Crippen LogP contribution >= 0.6 is 0 Å². The zero-order valence-electron chi connectivity index (χ0n) is 15.2. The lowest BCUT2D eigenvalue weighted by atomic mass is 10.1. The molecule has 0 saturated heterocycles. The Morgan fingerprint density at radius 2 is 1.96 bits per heavy atom. The summed E-state index contributed by atoms with van der Waals surface area (Å²) < 4.78 is 10.5. The van der Waals surface area contributed by atoms with Crippen molar-refractivity contribution >= 4 is 11.8 Å². The normalized spacial score (nSPS) is 12.6. The highest BCUT2D eigenvalue weighted by molar-refractivity contribution is 5.68. The summed E-state index contributed by atoms with van der Waals surface area (Å²) in [5, 5.41) is 3.43. The zero-order valence-corrected chi connectivity index (χ0v) is 15.2. The van der Waals surface area contributed by atoms with Gasteiger partial charge >= 0.3 is 6.09 Å². The zero-order chi connectivity index (χ0) is 17.5. The van der Waals surface area contributed by atoms with Crippen LogP contribution in [0.5, 0.6) is 0 Å². The van der Waals surface area contributed by atoms with Crippen molar-refractivity contribution in [3.63, 3.8) is 0 Å². The standard InChI is InChI=1S/C18H30N2O3/c1-14(13-22-6)11-19-16-10-8-7-9-15(16)12-20(5)17(21)23-18(2,3)4/h7-10,14,19H,11-13H2,1-6H3. The third-order valence-corrected chi connectivity index (χ3v) is 3.22. The van der Waals surface area contributed by atoms with Gasteiger partial charge in [-0.2, -0.15) is 0 Å². The Morgan fingerprint density at radius 1 is 1.30 bits per heavy atom. The molecule has 1 aromatic rings. The summed E-state index contributed by atoms with van der Waals surface area (Å²) in [6.07, 6.45) is -0.319. The van der Waals surface area contributed by atoms with Crippen molar-refractivity contribution in [2.45, 2.75) is 39.8 Å². The molecule has 0 bridgehead atoms. The van der Waals surface area contributed by atoms with Crippen molar-refractivity contribution in [3.8, 4) is 0 Å². The van der Waals surface area contributed by atoms with Gasteiger partial charge in [0, 0.05) is 26.4 Å². The van der Waals surface area contributed by atoms with E-state index in [-0.39, 0.29) is 6.09 Å². The van der Waals surface area contributed by atoms with E-state index in [2.05, 4.69) is 12.2 Å². The highest BCUT2D eigenvalue weighted by Gasteiger charge is 2.20. The summed E-state index contributed by atoms with van der Waals surface area (Å²) in [6, 6.07) is 8.00. The predicted octanol–water partition coefficient (Wildman–Crippen LogP) is 3.75. The summed E-state index contributed by atoms with van der Waals surface area (Å²) in [5.41, 5.74) is 1.61. The molecule has 0 saturated carbocycles. The third-order valence-electron chi connectivity index (χ3n) is 3.22. The Kier molecular flexibility index (Phi) is 7.36. The van der Waals surface area contributed by atoms with Crippen molar-refractivity contribution in [1.29, 1.82) is 0 Å². The Hall–Kier alpha value is -1.75. The van der Waals surface area contributed by atoms with Crippen LogP contribution in [0.3, 0.4) is 0 Å². The summed E-state index contributed by atoms with van der Waals surface area (Å²) in [6.45, 7) is 9.76. The van der Waals surface area contributed by atoms with Gasteiger partial charge in [0.2, 0.25) is 0 Å². The van der Waals surface area contributed by atoms with Gasteiger partial charge in [0.1, 0.15) is 5.60 Å². The number of hydrogen-bond acceptors (Lipinski definition) is 4. The number of methoxy groups -OCH3 is 1. The average molecular weight is 322 g/mol. The molecular weight excluding hydrogens is 292 g/mol. The second kappa shape index (κ2) is 8.77. The highest BCUT2D eigenvalue weighted by Crippen LogP contribution is 2.18. The number of nitrogens with one attached hydrogen (secondary N) is 1. The Balaban J connectivity index is 2.67. The van der Waals surface area contributed by atoms with Crippen molar-refractivity contribution < 1.29 is 14.3 Å². The second-order valence-electron chi connectivity index (χ2n) is 6.93. The number of amides is 1.